The molecule has 0 aliphatic heterocycles. The smallest absolute Gasteiger partial charge is 0.254 e. The van der Waals surface area contributed by atoms with Crippen LogP contribution in [0.4, 0.5) is 0 Å². The number of hydrogen-bond donors (Lipinski definition) is 0. The number of nitrogens with zero attached hydrogens (tertiary/aromatic N) is 2. The summed E-state index contributed by atoms with van der Waals surface area (Å²) >= 11 is 0. The molecule has 0 atom stereocenters. The second-order valence-electron chi connectivity index (χ2n) is 5.03. The highest BCUT2D eigenvalue weighted by molar-refractivity contribution is 7.92. The maximum atomic E-state index is 12.3. The molecule has 0 N–H and O–H groups in total. The van der Waals surface area contributed by atoms with Crippen molar-refractivity contribution in [3.63, 3.8) is 0 Å². The monoisotopic (exact) mass is 298 g/mol. The molecule has 1 amide bonds. The molecule has 0 fully saturated rings. The Morgan fingerprint density at radius 3 is 2.60 bits per heavy atom. The number of amides is 1. The summed E-state index contributed by atoms with van der Waals surface area (Å²) in [6.45, 7) is 5.45. The van der Waals surface area contributed by atoms with Crippen molar-refractivity contribution in [2.75, 3.05) is 19.3 Å². The minimum atomic E-state index is -3.13. The number of aryl methyl sites for hydroxylation is 1. The summed E-state index contributed by atoms with van der Waals surface area (Å²) in [5.74, 6) is -0.178. The van der Waals surface area contributed by atoms with E-state index in [4.69, 9.17) is 0 Å². The van der Waals surface area contributed by atoms with E-state index in [1.165, 1.54) is 4.90 Å². The van der Waals surface area contributed by atoms with Crippen LogP contribution in [0.25, 0.3) is 0 Å². The van der Waals surface area contributed by atoms with Gasteiger partial charge in [0.25, 0.3) is 5.91 Å². The topological polar surface area (TPSA) is 67.3 Å². The van der Waals surface area contributed by atoms with E-state index in [2.05, 4.69) is 4.98 Å². The van der Waals surface area contributed by atoms with Gasteiger partial charge in [0.15, 0.2) is 9.84 Å². The molecule has 5 nitrogen and oxygen atoms in total. The van der Waals surface area contributed by atoms with Gasteiger partial charge >= 0.3 is 0 Å². The number of sulfone groups is 1. The van der Waals surface area contributed by atoms with Gasteiger partial charge in [-0.25, -0.2) is 8.42 Å². The van der Waals surface area contributed by atoms with Crippen LogP contribution >= 0.6 is 0 Å². The first kappa shape index (κ1) is 16.6. The van der Waals surface area contributed by atoms with Crippen molar-refractivity contribution in [3.05, 3.63) is 29.6 Å². The van der Waals surface area contributed by atoms with E-state index < -0.39 is 15.1 Å². The van der Waals surface area contributed by atoms with Crippen molar-refractivity contribution in [3.8, 4) is 0 Å². The first-order valence-corrected chi connectivity index (χ1v) is 8.41. The zero-order chi connectivity index (χ0) is 15.3. The Morgan fingerprint density at radius 2 is 2.05 bits per heavy atom. The average molecular weight is 298 g/mol. The molecule has 1 aromatic rings. The minimum Gasteiger partial charge on any atom is -0.341 e. The zero-order valence-corrected chi connectivity index (χ0v) is 13.3. The predicted octanol–water partition coefficient (Wildman–Crippen LogP) is 1.54. The second-order valence-corrected chi connectivity index (χ2v) is 7.71. The van der Waals surface area contributed by atoms with E-state index in [0.717, 1.165) is 5.56 Å². The quantitative estimate of drug-likeness (QED) is 0.799. The lowest BCUT2D eigenvalue weighted by Crippen LogP contribution is -2.34. The Hall–Kier alpha value is -1.43. The van der Waals surface area contributed by atoms with Gasteiger partial charge in [-0.3, -0.25) is 9.78 Å². The Balaban J connectivity index is 2.78. The molecule has 0 saturated carbocycles. The molecule has 1 aromatic heterocycles. The molecule has 0 aliphatic rings. The number of carbonyl (C=O) groups is 1. The van der Waals surface area contributed by atoms with Crippen LogP contribution in [-0.4, -0.2) is 48.8 Å². The molecule has 20 heavy (non-hydrogen) atoms. The molecular formula is C14H22N2O3S. The normalized spacial score (nSPS) is 11.7. The van der Waals surface area contributed by atoms with E-state index in [-0.39, 0.29) is 18.2 Å². The van der Waals surface area contributed by atoms with Crippen molar-refractivity contribution >= 4 is 15.7 Å². The standard InChI is InChI=1S/C14H22N2O3S/c1-5-12-10-15-7-6-13(12)14(17)16(4)8-9-20(18,19)11(2)3/h6-7,10-11H,5,8-9H2,1-4H3. The molecule has 0 unspecified atom stereocenters. The average Bonchev–Trinajstić information content (AvgIpc) is 2.43. The van der Waals surface area contributed by atoms with Crippen LogP contribution in [0.1, 0.15) is 36.7 Å². The Labute approximate surface area is 120 Å². The van der Waals surface area contributed by atoms with Crippen molar-refractivity contribution in [2.45, 2.75) is 32.4 Å². The highest BCUT2D eigenvalue weighted by Gasteiger charge is 2.20. The first-order chi connectivity index (χ1) is 9.29. The van der Waals surface area contributed by atoms with Gasteiger partial charge in [0, 0.05) is 31.5 Å². The summed E-state index contributed by atoms with van der Waals surface area (Å²) < 4.78 is 23.5. The van der Waals surface area contributed by atoms with E-state index in [1.807, 2.05) is 6.92 Å². The van der Waals surface area contributed by atoms with E-state index in [9.17, 15) is 13.2 Å². The van der Waals surface area contributed by atoms with Crippen LogP contribution in [0, 0.1) is 0 Å². The number of aromatic nitrogens is 1. The molecular weight excluding hydrogens is 276 g/mol. The number of carbonyl (C=O) groups excluding carboxylic acids is 1. The SMILES string of the molecule is CCc1cnccc1C(=O)N(C)CCS(=O)(=O)C(C)C. The molecule has 0 spiro atoms. The van der Waals surface area contributed by atoms with Gasteiger partial charge in [-0.15, -0.1) is 0 Å². The molecule has 0 aliphatic carbocycles. The molecule has 1 heterocycles. The lowest BCUT2D eigenvalue weighted by Gasteiger charge is -2.19. The summed E-state index contributed by atoms with van der Waals surface area (Å²) in [6, 6.07) is 1.68. The van der Waals surface area contributed by atoms with Crippen LogP contribution < -0.4 is 0 Å². The highest BCUT2D eigenvalue weighted by Crippen LogP contribution is 2.11. The fourth-order valence-corrected chi connectivity index (χ4v) is 2.72. The number of hydrogen-bond acceptors (Lipinski definition) is 4. The van der Waals surface area contributed by atoms with Crippen LogP contribution in [0.15, 0.2) is 18.5 Å². The Morgan fingerprint density at radius 1 is 1.40 bits per heavy atom. The van der Waals surface area contributed by atoms with Gasteiger partial charge in [-0.2, -0.15) is 0 Å². The summed E-state index contributed by atoms with van der Waals surface area (Å²) in [4.78, 5) is 17.8. The molecule has 0 aromatic carbocycles. The van der Waals surface area contributed by atoms with E-state index in [0.29, 0.717) is 12.0 Å². The summed E-state index contributed by atoms with van der Waals surface area (Å²) in [5, 5.41) is -0.418. The lowest BCUT2D eigenvalue weighted by molar-refractivity contribution is 0.0802. The fraction of sp³-hybridized carbons (Fsp3) is 0.571. The van der Waals surface area contributed by atoms with Crippen molar-refractivity contribution in [1.29, 1.82) is 0 Å². The van der Waals surface area contributed by atoms with Gasteiger partial charge in [-0.05, 0) is 31.9 Å². The first-order valence-electron chi connectivity index (χ1n) is 6.69. The molecule has 6 heteroatoms. The Bertz CT molecular complexity index is 568. The molecule has 0 radical (unpaired) electrons. The van der Waals surface area contributed by atoms with Gasteiger partial charge in [0.2, 0.25) is 0 Å². The Kier molecular flexibility index (Phi) is 5.68. The van der Waals surface area contributed by atoms with Gasteiger partial charge < -0.3 is 4.90 Å². The van der Waals surface area contributed by atoms with Crippen LogP contribution in [0.5, 0.6) is 0 Å². The zero-order valence-electron chi connectivity index (χ0n) is 12.5. The minimum absolute atomic E-state index is 0.0144. The highest BCUT2D eigenvalue weighted by atomic mass is 32.2. The summed E-state index contributed by atoms with van der Waals surface area (Å²) in [6.07, 6.45) is 3.96. The van der Waals surface area contributed by atoms with Gasteiger partial charge in [0.1, 0.15) is 0 Å². The largest absolute Gasteiger partial charge is 0.341 e. The van der Waals surface area contributed by atoms with Crippen LogP contribution in [0.3, 0.4) is 0 Å². The number of rotatable bonds is 6. The molecule has 0 saturated heterocycles. The lowest BCUT2D eigenvalue weighted by atomic mass is 10.1. The summed E-state index contributed by atoms with van der Waals surface area (Å²) in [5.41, 5.74) is 1.46. The maximum Gasteiger partial charge on any atom is 0.254 e. The third-order valence-corrected chi connectivity index (χ3v) is 5.48. The fourth-order valence-electron chi connectivity index (χ4n) is 1.72. The molecule has 0 bridgehead atoms. The second kappa shape index (κ2) is 6.83. The third-order valence-electron chi connectivity index (χ3n) is 3.29. The van der Waals surface area contributed by atoms with Crippen LogP contribution in [-0.2, 0) is 16.3 Å². The van der Waals surface area contributed by atoms with Gasteiger partial charge in [0.05, 0.1) is 11.0 Å². The van der Waals surface area contributed by atoms with Gasteiger partial charge in [-0.1, -0.05) is 6.92 Å². The summed E-state index contributed by atoms with van der Waals surface area (Å²) in [7, 11) is -1.51. The van der Waals surface area contributed by atoms with Crippen molar-refractivity contribution < 1.29 is 13.2 Å². The van der Waals surface area contributed by atoms with Crippen LogP contribution in [0.2, 0.25) is 0 Å². The van der Waals surface area contributed by atoms with Crippen molar-refractivity contribution in [1.82, 2.24) is 9.88 Å². The molecule has 112 valence electrons. The van der Waals surface area contributed by atoms with Crippen molar-refractivity contribution in [2.24, 2.45) is 0 Å². The van der Waals surface area contributed by atoms with E-state index in [1.54, 1.807) is 39.4 Å². The van der Waals surface area contributed by atoms with E-state index >= 15 is 0 Å². The maximum absolute atomic E-state index is 12.3. The third kappa shape index (κ3) is 4.03. The number of pyridine rings is 1. The predicted molar refractivity (Wildman–Crippen MR) is 79.5 cm³/mol. The molecule has 1 rings (SSSR count).